The molecule has 0 radical (unpaired) electrons. The van der Waals surface area contributed by atoms with Crippen LogP contribution in [-0.2, 0) is 4.79 Å². The van der Waals surface area contributed by atoms with Crippen LogP contribution in [0.15, 0.2) is 53.0 Å². The van der Waals surface area contributed by atoms with Crippen molar-refractivity contribution in [3.63, 3.8) is 0 Å². The molecule has 6 nitrogen and oxygen atoms in total. The number of hydrazine groups is 1. The molecule has 0 heterocycles. The molecular formula is C18H17BrN2O4. The summed E-state index contributed by atoms with van der Waals surface area (Å²) >= 11 is 3.26. The van der Waals surface area contributed by atoms with E-state index in [4.69, 9.17) is 4.74 Å². The Balaban J connectivity index is 1.80. The number of hydrogen-bond donors (Lipinski definition) is 2. The van der Waals surface area contributed by atoms with Crippen LogP contribution in [0, 0.1) is 0 Å². The van der Waals surface area contributed by atoms with Crippen LogP contribution in [0.3, 0.4) is 0 Å². The summed E-state index contributed by atoms with van der Waals surface area (Å²) in [5.41, 5.74) is 5.59. The van der Waals surface area contributed by atoms with Crippen molar-refractivity contribution in [3.8, 4) is 5.75 Å². The van der Waals surface area contributed by atoms with Gasteiger partial charge in [-0.15, -0.1) is 0 Å². The molecule has 2 amide bonds. The predicted octanol–water partition coefficient (Wildman–Crippen LogP) is 2.88. The van der Waals surface area contributed by atoms with E-state index < -0.39 is 11.8 Å². The highest BCUT2D eigenvalue weighted by Gasteiger charge is 2.10. The summed E-state index contributed by atoms with van der Waals surface area (Å²) in [5, 5.41) is 0. The third-order valence-corrected chi connectivity index (χ3v) is 3.99. The summed E-state index contributed by atoms with van der Waals surface area (Å²) in [5.74, 6) is -0.448. The summed E-state index contributed by atoms with van der Waals surface area (Å²) in [6.07, 6.45) is 0.430. The Bertz CT molecular complexity index is 775. The molecule has 0 bridgehead atoms. The smallest absolute Gasteiger partial charge is 0.276 e. The molecule has 130 valence electrons. The number of halogens is 1. The van der Waals surface area contributed by atoms with Gasteiger partial charge in [0.25, 0.3) is 11.8 Å². The Morgan fingerprint density at radius 1 is 1.00 bits per heavy atom. The number of carbonyl (C=O) groups is 3. The van der Waals surface area contributed by atoms with Crippen LogP contribution in [0.4, 0.5) is 0 Å². The van der Waals surface area contributed by atoms with Crippen LogP contribution in [0.25, 0.3) is 0 Å². The van der Waals surface area contributed by atoms with Crippen LogP contribution >= 0.6 is 15.9 Å². The second kappa shape index (κ2) is 8.98. The van der Waals surface area contributed by atoms with E-state index in [2.05, 4.69) is 26.8 Å². The zero-order chi connectivity index (χ0) is 18.2. The fourth-order valence-electron chi connectivity index (χ4n) is 1.97. The summed E-state index contributed by atoms with van der Waals surface area (Å²) in [6, 6.07) is 13.4. The number of carbonyl (C=O) groups excluding carboxylic acids is 3. The molecule has 0 atom stereocenters. The van der Waals surface area contributed by atoms with E-state index in [1.54, 1.807) is 55.5 Å². The minimum absolute atomic E-state index is 0.0408. The first-order chi connectivity index (χ1) is 12.0. The highest BCUT2D eigenvalue weighted by atomic mass is 79.9. The van der Waals surface area contributed by atoms with Gasteiger partial charge in [-0.2, -0.15) is 0 Å². The van der Waals surface area contributed by atoms with E-state index in [0.717, 1.165) is 0 Å². The number of nitrogens with one attached hydrogen (secondary N) is 2. The Kier molecular flexibility index (Phi) is 6.71. The third kappa shape index (κ3) is 5.42. The van der Waals surface area contributed by atoms with Gasteiger partial charge >= 0.3 is 0 Å². The molecule has 0 aliphatic rings. The molecule has 0 aromatic heterocycles. The van der Waals surface area contributed by atoms with Gasteiger partial charge in [-0.1, -0.05) is 19.1 Å². The van der Waals surface area contributed by atoms with Gasteiger partial charge in [0, 0.05) is 16.5 Å². The first-order valence-electron chi connectivity index (χ1n) is 7.61. The van der Waals surface area contributed by atoms with Crippen LogP contribution in [0.2, 0.25) is 0 Å². The van der Waals surface area contributed by atoms with Crippen molar-refractivity contribution in [1.29, 1.82) is 0 Å². The fraction of sp³-hybridized carbons (Fsp3) is 0.167. The first kappa shape index (κ1) is 18.7. The van der Waals surface area contributed by atoms with Gasteiger partial charge in [0.2, 0.25) is 0 Å². The van der Waals surface area contributed by atoms with Crippen molar-refractivity contribution in [1.82, 2.24) is 10.9 Å². The van der Waals surface area contributed by atoms with Crippen LogP contribution in [-0.4, -0.2) is 24.2 Å². The number of ketones is 1. The van der Waals surface area contributed by atoms with Gasteiger partial charge in [-0.3, -0.25) is 25.2 Å². The lowest BCUT2D eigenvalue weighted by atomic mass is 10.1. The minimum Gasteiger partial charge on any atom is -0.484 e. The highest BCUT2D eigenvalue weighted by molar-refractivity contribution is 9.10. The highest BCUT2D eigenvalue weighted by Crippen LogP contribution is 2.15. The largest absolute Gasteiger partial charge is 0.484 e. The molecule has 7 heteroatoms. The van der Waals surface area contributed by atoms with E-state index in [0.29, 0.717) is 27.8 Å². The molecule has 0 saturated carbocycles. The van der Waals surface area contributed by atoms with E-state index in [9.17, 15) is 14.4 Å². The van der Waals surface area contributed by atoms with Gasteiger partial charge in [0.05, 0.1) is 5.56 Å². The maximum absolute atomic E-state index is 11.9. The fourth-order valence-corrected chi connectivity index (χ4v) is 2.43. The van der Waals surface area contributed by atoms with Crippen molar-refractivity contribution in [2.45, 2.75) is 13.3 Å². The van der Waals surface area contributed by atoms with Gasteiger partial charge in [0.15, 0.2) is 12.4 Å². The molecule has 0 spiro atoms. The number of ether oxygens (including phenoxy) is 1. The predicted molar refractivity (Wildman–Crippen MR) is 96.3 cm³/mol. The summed E-state index contributed by atoms with van der Waals surface area (Å²) in [6.45, 7) is 1.52. The molecule has 0 unspecified atom stereocenters. The molecule has 0 saturated heterocycles. The molecule has 2 aromatic carbocycles. The topological polar surface area (TPSA) is 84.5 Å². The van der Waals surface area contributed by atoms with E-state index in [1.807, 2.05) is 0 Å². The third-order valence-electron chi connectivity index (χ3n) is 3.30. The Morgan fingerprint density at radius 3 is 2.32 bits per heavy atom. The average Bonchev–Trinajstić information content (AvgIpc) is 2.64. The summed E-state index contributed by atoms with van der Waals surface area (Å²) in [4.78, 5) is 35.2. The number of hydrogen-bond acceptors (Lipinski definition) is 4. The molecule has 25 heavy (non-hydrogen) atoms. The van der Waals surface area contributed by atoms with Crippen molar-refractivity contribution in [2.75, 3.05) is 6.61 Å². The molecule has 0 aliphatic carbocycles. The maximum Gasteiger partial charge on any atom is 0.276 e. The molecule has 2 aromatic rings. The summed E-state index contributed by atoms with van der Waals surface area (Å²) in [7, 11) is 0. The van der Waals surface area contributed by atoms with Gasteiger partial charge in [-0.25, -0.2) is 0 Å². The molecule has 2 rings (SSSR count). The maximum atomic E-state index is 11.9. The van der Waals surface area contributed by atoms with Gasteiger partial charge < -0.3 is 4.74 Å². The monoisotopic (exact) mass is 404 g/mol. The minimum atomic E-state index is -0.505. The second-order valence-electron chi connectivity index (χ2n) is 5.07. The standard InChI is InChI=1S/C18H17BrN2O4/c1-2-16(22)12-7-9-13(10-8-12)25-11-17(23)20-21-18(24)14-5-3-4-6-15(14)19/h3-10H,2,11H2,1H3,(H,20,23)(H,21,24). The van der Waals surface area contributed by atoms with Crippen LogP contribution < -0.4 is 15.6 Å². The Labute approximate surface area is 153 Å². The van der Waals surface area contributed by atoms with Crippen molar-refractivity contribution >= 4 is 33.5 Å². The molecular weight excluding hydrogens is 388 g/mol. The lowest BCUT2D eigenvalue weighted by Gasteiger charge is -2.10. The zero-order valence-corrected chi connectivity index (χ0v) is 15.1. The Hall–Kier alpha value is -2.67. The first-order valence-corrected chi connectivity index (χ1v) is 8.40. The van der Waals surface area contributed by atoms with E-state index in [-0.39, 0.29) is 12.4 Å². The number of Topliss-reactive ketones (excluding diaryl/α,β-unsaturated/α-hetero) is 1. The quantitative estimate of drug-likeness (QED) is 0.572. The molecule has 2 N–H and O–H groups in total. The van der Waals surface area contributed by atoms with Gasteiger partial charge in [0.1, 0.15) is 5.75 Å². The lowest BCUT2D eigenvalue weighted by Crippen LogP contribution is -2.43. The van der Waals surface area contributed by atoms with Crippen molar-refractivity contribution < 1.29 is 19.1 Å². The number of amides is 2. The Morgan fingerprint density at radius 2 is 1.68 bits per heavy atom. The molecule has 0 fully saturated rings. The second-order valence-corrected chi connectivity index (χ2v) is 5.93. The number of rotatable bonds is 6. The van der Waals surface area contributed by atoms with Crippen molar-refractivity contribution in [3.05, 3.63) is 64.1 Å². The average molecular weight is 405 g/mol. The summed E-state index contributed by atoms with van der Waals surface area (Å²) < 4.78 is 5.94. The normalized spacial score (nSPS) is 10.0. The van der Waals surface area contributed by atoms with E-state index in [1.165, 1.54) is 0 Å². The SMILES string of the molecule is CCC(=O)c1ccc(OCC(=O)NNC(=O)c2ccccc2Br)cc1. The van der Waals surface area contributed by atoms with E-state index >= 15 is 0 Å². The number of benzene rings is 2. The zero-order valence-electron chi connectivity index (χ0n) is 13.5. The molecule has 0 aliphatic heterocycles. The van der Waals surface area contributed by atoms with Crippen LogP contribution in [0.5, 0.6) is 5.75 Å². The van der Waals surface area contributed by atoms with Crippen LogP contribution in [0.1, 0.15) is 34.1 Å². The lowest BCUT2D eigenvalue weighted by molar-refractivity contribution is -0.123. The van der Waals surface area contributed by atoms with Crippen molar-refractivity contribution in [2.24, 2.45) is 0 Å². The van der Waals surface area contributed by atoms with Gasteiger partial charge in [-0.05, 0) is 52.3 Å².